The highest BCUT2D eigenvalue weighted by atomic mass is 32.2. The summed E-state index contributed by atoms with van der Waals surface area (Å²) in [7, 11) is 0. The Morgan fingerprint density at radius 3 is 1.52 bits per heavy atom. The molecule has 8 amide bonds. The van der Waals surface area contributed by atoms with Gasteiger partial charge in [0, 0.05) is 12.8 Å². The van der Waals surface area contributed by atoms with Gasteiger partial charge in [0.1, 0.15) is 42.5 Å². The number of rotatable bonds is 26. The first-order chi connectivity index (χ1) is 29.3. The van der Waals surface area contributed by atoms with Gasteiger partial charge in [0.15, 0.2) is 0 Å². The standard InChI is InChI=1S/C42H61N9O10S/c1-23(2)34(50-36(55)24(3)43)41(60)49-31(20-28-15-11-8-12-16-28)39(58)48-32(21-33(44)54)40(59)47-30(19-27-13-9-7-10-14-27)38(57)45-25(4)37(56)51-35(26(5)53)42(61)46-29(22-52)17-18-62-6/h7-16,22-26,29-32,34-35,53H,17-21,43H2,1-6H3,(H2,44,54)(H,45,57)(H,46,61)(H,47,59)(H,48,58)(H,49,60)(H,50,55)(H,51,56)/t24-,25-,26+,29-,30-,31-,32-,34-,35-/m0/s1. The third-order valence-corrected chi connectivity index (χ3v) is 10.1. The Balaban J connectivity index is 2.36. The fraction of sp³-hybridized carbons (Fsp3) is 0.500. The smallest absolute Gasteiger partial charge is 0.245 e. The topological polar surface area (TPSA) is 310 Å². The van der Waals surface area contributed by atoms with E-state index in [1.165, 1.54) is 32.5 Å². The third-order valence-electron chi connectivity index (χ3n) is 9.47. The summed E-state index contributed by atoms with van der Waals surface area (Å²) >= 11 is 1.46. The van der Waals surface area contributed by atoms with E-state index >= 15 is 0 Å². The number of aldehydes is 1. The zero-order valence-electron chi connectivity index (χ0n) is 35.8. The molecule has 0 unspecified atom stereocenters. The second kappa shape index (κ2) is 26.5. The monoisotopic (exact) mass is 883 g/mol. The van der Waals surface area contributed by atoms with Crippen LogP contribution in [0.5, 0.6) is 0 Å². The van der Waals surface area contributed by atoms with Crippen LogP contribution in [0.3, 0.4) is 0 Å². The Morgan fingerprint density at radius 1 is 0.613 bits per heavy atom. The van der Waals surface area contributed by atoms with Crippen LogP contribution in [-0.4, -0.2) is 125 Å². The van der Waals surface area contributed by atoms with E-state index in [1.807, 2.05) is 6.26 Å². The lowest BCUT2D eigenvalue weighted by molar-refractivity contribution is -0.136. The van der Waals surface area contributed by atoms with E-state index < -0.39 is 114 Å². The van der Waals surface area contributed by atoms with Gasteiger partial charge < -0.3 is 58.6 Å². The fourth-order valence-corrected chi connectivity index (χ4v) is 6.40. The van der Waals surface area contributed by atoms with Crippen LogP contribution in [0.15, 0.2) is 60.7 Å². The Morgan fingerprint density at radius 2 is 1.06 bits per heavy atom. The van der Waals surface area contributed by atoms with Crippen molar-refractivity contribution in [2.24, 2.45) is 17.4 Å². The van der Waals surface area contributed by atoms with Gasteiger partial charge >= 0.3 is 0 Å². The number of amides is 8. The van der Waals surface area contributed by atoms with Crippen molar-refractivity contribution in [3.63, 3.8) is 0 Å². The third kappa shape index (κ3) is 18.0. The molecule has 0 heterocycles. The second-order valence-corrected chi connectivity index (χ2v) is 16.2. The van der Waals surface area contributed by atoms with Crippen LogP contribution in [0.4, 0.5) is 0 Å². The summed E-state index contributed by atoms with van der Waals surface area (Å²) in [6.45, 7) is 7.39. The van der Waals surface area contributed by atoms with E-state index in [4.69, 9.17) is 11.5 Å². The molecular weight excluding hydrogens is 823 g/mol. The van der Waals surface area contributed by atoms with Crippen LogP contribution < -0.4 is 48.7 Å². The zero-order valence-corrected chi connectivity index (χ0v) is 36.7. The number of carbonyl (C=O) groups is 9. The first-order valence-electron chi connectivity index (χ1n) is 20.1. The first-order valence-corrected chi connectivity index (χ1v) is 21.5. The van der Waals surface area contributed by atoms with Gasteiger partial charge in [0.25, 0.3) is 0 Å². The molecule has 0 fully saturated rings. The van der Waals surface area contributed by atoms with Crippen molar-refractivity contribution < 1.29 is 48.3 Å². The Hall–Kier alpha value is -5.86. The predicted molar refractivity (Wildman–Crippen MR) is 233 cm³/mol. The van der Waals surface area contributed by atoms with Gasteiger partial charge in [-0.05, 0) is 56.2 Å². The minimum Gasteiger partial charge on any atom is -0.391 e. The molecule has 20 heteroatoms. The summed E-state index contributed by atoms with van der Waals surface area (Å²) in [5, 5.41) is 28.0. The van der Waals surface area contributed by atoms with Crippen molar-refractivity contribution in [3.8, 4) is 0 Å². The molecule has 2 rings (SSSR count). The van der Waals surface area contributed by atoms with E-state index in [-0.39, 0.29) is 12.8 Å². The fourth-order valence-electron chi connectivity index (χ4n) is 5.91. The Labute approximate surface area is 365 Å². The number of nitrogens with one attached hydrogen (secondary N) is 7. The van der Waals surface area contributed by atoms with Crippen molar-refractivity contribution in [2.75, 3.05) is 12.0 Å². The highest BCUT2D eigenvalue weighted by Gasteiger charge is 2.35. The van der Waals surface area contributed by atoms with Gasteiger partial charge in [-0.15, -0.1) is 0 Å². The summed E-state index contributed by atoms with van der Waals surface area (Å²) < 4.78 is 0. The molecule has 340 valence electrons. The van der Waals surface area contributed by atoms with Crippen LogP contribution in [0.2, 0.25) is 0 Å². The number of hydrogen-bond donors (Lipinski definition) is 10. The molecule has 19 nitrogen and oxygen atoms in total. The summed E-state index contributed by atoms with van der Waals surface area (Å²) in [5.74, 6) is -6.61. The molecule has 0 spiro atoms. The lowest BCUT2D eigenvalue weighted by atomic mass is 10.00. The molecule has 0 aliphatic carbocycles. The number of aliphatic hydroxyl groups excluding tert-OH is 1. The van der Waals surface area contributed by atoms with Crippen molar-refractivity contribution in [2.45, 2.75) is 115 Å². The van der Waals surface area contributed by atoms with E-state index in [1.54, 1.807) is 74.5 Å². The summed E-state index contributed by atoms with van der Waals surface area (Å²) in [4.78, 5) is 118. The highest BCUT2D eigenvalue weighted by Crippen LogP contribution is 2.10. The molecule has 0 bridgehead atoms. The van der Waals surface area contributed by atoms with Crippen molar-refractivity contribution in [1.29, 1.82) is 0 Å². The Kier molecular flexibility index (Phi) is 22.3. The molecule has 2 aromatic carbocycles. The molecule has 0 aliphatic heterocycles. The van der Waals surface area contributed by atoms with Gasteiger partial charge in [-0.1, -0.05) is 74.5 Å². The second-order valence-electron chi connectivity index (χ2n) is 15.2. The lowest BCUT2D eigenvalue weighted by Crippen LogP contribution is -2.61. The van der Waals surface area contributed by atoms with Crippen molar-refractivity contribution in [1.82, 2.24) is 37.2 Å². The van der Waals surface area contributed by atoms with Gasteiger partial charge in [0.05, 0.1) is 24.6 Å². The molecule has 62 heavy (non-hydrogen) atoms. The van der Waals surface area contributed by atoms with E-state index in [0.717, 1.165) is 0 Å². The molecule has 0 aliphatic rings. The molecular formula is C42H61N9O10S. The number of primary amides is 1. The van der Waals surface area contributed by atoms with Crippen LogP contribution in [0, 0.1) is 5.92 Å². The zero-order chi connectivity index (χ0) is 46.5. The van der Waals surface area contributed by atoms with E-state index in [2.05, 4.69) is 37.2 Å². The number of thioether (sulfide) groups is 1. The van der Waals surface area contributed by atoms with E-state index in [0.29, 0.717) is 29.6 Å². The van der Waals surface area contributed by atoms with Crippen molar-refractivity contribution >= 4 is 65.3 Å². The Bertz CT molecular complexity index is 1830. The maximum atomic E-state index is 14.0. The normalized spacial score (nSPS) is 15.4. The minimum absolute atomic E-state index is 0.0678. The summed E-state index contributed by atoms with van der Waals surface area (Å²) in [6, 6.07) is 7.01. The van der Waals surface area contributed by atoms with Gasteiger partial charge in [-0.3, -0.25) is 38.4 Å². The highest BCUT2D eigenvalue weighted by molar-refractivity contribution is 7.98. The van der Waals surface area contributed by atoms with E-state index in [9.17, 15) is 48.3 Å². The molecule has 0 radical (unpaired) electrons. The average Bonchev–Trinajstić information content (AvgIpc) is 3.22. The SMILES string of the molecule is CSCC[C@@H](C=O)NC(=O)[C@@H](NC(=O)[C@H](C)NC(=O)[C@H](Cc1ccccc1)NC(=O)[C@H](CC(N)=O)NC(=O)[C@H](Cc1ccccc1)NC(=O)[C@@H](NC(=O)[C@H](C)N)C(C)C)[C@@H](C)O. The summed E-state index contributed by atoms with van der Waals surface area (Å²) in [5.41, 5.74) is 12.4. The number of carbonyl (C=O) groups excluding carboxylic acids is 9. The molecule has 0 saturated carbocycles. The number of benzene rings is 2. The molecule has 0 aromatic heterocycles. The predicted octanol–water partition coefficient (Wildman–Crippen LogP) is -1.90. The van der Waals surface area contributed by atoms with Crippen LogP contribution in [0.25, 0.3) is 0 Å². The summed E-state index contributed by atoms with van der Waals surface area (Å²) in [6.07, 6.45) is 0.402. The van der Waals surface area contributed by atoms with Gasteiger partial charge in [-0.2, -0.15) is 11.8 Å². The number of nitrogens with two attached hydrogens (primary N) is 2. The van der Waals surface area contributed by atoms with Gasteiger partial charge in [0.2, 0.25) is 47.3 Å². The van der Waals surface area contributed by atoms with Crippen molar-refractivity contribution in [3.05, 3.63) is 71.8 Å². The van der Waals surface area contributed by atoms with Crippen LogP contribution in [-0.2, 0) is 56.0 Å². The number of aliphatic hydroxyl groups is 1. The number of hydrogen-bond acceptors (Lipinski definition) is 12. The van der Waals surface area contributed by atoms with Crippen LogP contribution >= 0.6 is 11.8 Å². The molecule has 2 aromatic rings. The molecule has 12 N–H and O–H groups in total. The maximum absolute atomic E-state index is 14.0. The first kappa shape index (κ1) is 52.3. The van der Waals surface area contributed by atoms with Crippen LogP contribution in [0.1, 0.15) is 58.6 Å². The van der Waals surface area contributed by atoms with Gasteiger partial charge in [-0.25, -0.2) is 0 Å². The minimum atomic E-state index is -1.66. The molecule has 9 atom stereocenters. The lowest BCUT2D eigenvalue weighted by Gasteiger charge is -2.28. The largest absolute Gasteiger partial charge is 0.391 e. The molecule has 0 saturated heterocycles. The quantitative estimate of drug-likeness (QED) is 0.0464. The average molecular weight is 884 g/mol. The maximum Gasteiger partial charge on any atom is 0.245 e.